The molecule has 3 heterocycles. The SMILES string of the molecule is Cl.O=C(c1ccnc(OC2CCCCC2)c1)N1CCC2(CCNCC2)CC1. The first-order valence-corrected chi connectivity index (χ1v) is 10.4. The lowest BCUT2D eigenvalue weighted by atomic mass is 9.71. The number of nitrogens with zero attached hydrogens (tertiary/aromatic N) is 2. The molecule has 0 radical (unpaired) electrons. The number of halogens is 1. The minimum atomic E-state index is 0. The van der Waals surface area contributed by atoms with Gasteiger partial charge in [-0.25, -0.2) is 4.98 Å². The van der Waals surface area contributed by atoms with E-state index in [9.17, 15) is 4.79 Å². The number of hydrogen-bond acceptors (Lipinski definition) is 4. The van der Waals surface area contributed by atoms with Crippen molar-refractivity contribution in [3.05, 3.63) is 23.9 Å². The summed E-state index contributed by atoms with van der Waals surface area (Å²) in [5.74, 6) is 0.735. The van der Waals surface area contributed by atoms with Crippen LogP contribution in [0.4, 0.5) is 0 Å². The zero-order valence-corrected chi connectivity index (χ0v) is 16.9. The van der Waals surface area contributed by atoms with Gasteiger partial charge in [-0.1, -0.05) is 6.42 Å². The molecule has 0 atom stereocenters. The lowest BCUT2D eigenvalue weighted by Crippen LogP contribution is -2.47. The first-order chi connectivity index (χ1) is 12.7. The van der Waals surface area contributed by atoms with Crippen LogP contribution in [0.1, 0.15) is 68.1 Å². The van der Waals surface area contributed by atoms with Crippen molar-refractivity contribution in [2.24, 2.45) is 5.41 Å². The predicted molar refractivity (Wildman–Crippen MR) is 109 cm³/mol. The second-order valence-corrected chi connectivity index (χ2v) is 8.30. The molecule has 1 aromatic heterocycles. The Hall–Kier alpha value is -1.33. The fourth-order valence-corrected chi connectivity index (χ4v) is 4.78. The Morgan fingerprint density at radius 2 is 1.81 bits per heavy atom. The quantitative estimate of drug-likeness (QED) is 0.848. The zero-order valence-electron chi connectivity index (χ0n) is 16.1. The molecule has 1 spiro atoms. The Balaban J connectivity index is 0.00000210. The van der Waals surface area contributed by atoms with Gasteiger partial charge < -0.3 is 15.0 Å². The number of amides is 1. The third-order valence-corrected chi connectivity index (χ3v) is 6.60. The summed E-state index contributed by atoms with van der Waals surface area (Å²) in [5.41, 5.74) is 1.18. The summed E-state index contributed by atoms with van der Waals surface area (Å²) in [4.78, 5) is 19.3. The van der Waals surface area contributed by atoms with E-state index in [1.54, 1.807) is 6.20 Å². The van der Waals surface area contributed by atoms with Crippen LogP contribution >= 0.6 is 12.4 Å². The summed E-state index contributed by atoms with van der Waals surface area (Å²) in [7, 11) is 0. The fraction of sp³-hybridized carbons (Fsp3) is 0.714. The molecule has 0 unspecified atom stereocenters. The maximum Gasteiger partial charge on any atom is 0.254 e. The highest BCUT2D eigenvalue weighted by Gasteiger charge is 2.36. The van der Waals surface area contributed by atoms with Crippen molar-refractivity contribution in [2.75, 3.05) is 26.2 Å². The average Bonchev–Trinajstić information content (AvgIpc) is 2.70. The van der Waals surface area contributed by atoms with E-state index in [-0.39, 0.29) is 24.4 Å². The van der Waals surface area contributed by atoms with Gasteiger partial charge in [-0.05, 0) is 75.9 Å². The number of hydrogen-bond donors (Lipinski definition) is 1. The van der Waals surface area contributed by atoms with Gasteiger partial charge in [0, 0.05) is 30.9 Å². The molecule has 2 saturated heterocycles. The highest BCUT2D eigenvalue weighted by molar-refractivity contribution is 5.94. The van der Waals surface area contributed by atoms with Crippen LogP contribution in [0.3, 0.4) is 0 Å². The van der Waals surface area contributed by atoms with Gasteiger partial charge in [-0.2, -0.15) is 0 Å². The highest BCUT2D eigenvalue weighted by atomic mass is 35.5. The maximum absolute atomic E-state index is 12.9. The number of nitrogens with one attached hydrogen (secondary N) is 1. The Bertz CT molecular complexity index is 618. The highest BCUT2D eigenvalue weighted by Crippen LogP contribution is 2.39. The van der Waals surface area contributed by atoms with Crippen LogP contribution in [0.25, 0.3) is 0 Å². The van der Waals surface area contributed by atoms with E-state index in [1.807, 2.05) is 17.0 Å². The molecule has 1 amide bonds. The Labute approximate surface area is 168 Å². The molecule has 3 aliphatic rings. The Kier molecular flexibility index (Phi) is 6.99. The molecule has 0 aromatic carbocycles. The van der Waals surface area contributed by atoms with Crippen molar-refractivity contribution in [1.29, 1.82) is 0 Å². The van der Waals surface area contributed by atoms with Gasteiger partial charge in [0.2, 0.25) is 5.88 Å². The van der Waals surface area contributed by atoms with E-state index in [4.69, 9.17) is 4.74 Å². The summed E-state index contributed by atoms with van der Waals surface area (Å²) in [6.07, 6.45) is 12.7. The van der Waals surface area contributed by atoms with Crippen molar-refractivity contribution in [1.82, 2.24) is 15.2 Å². The number of likely N-dealkylation sites (tertiary alicyclic amines) is 1. The van der Waals surface area contributed by atoms with Crippen LogP contribution in [0.5, 0.6) is 5.88 Å². The second-order valence-electron chi connectivity index (χ2n) is 8.30. The van der Waals surface area contributed by atoms with Crippen LogP contribution in [0.2, 0.25) is 0 Å². The summed E-state index contributed by atoms with van der Waals surface area (Å²) in [6, 6.07) is 3.66. The third kappa shape index (κ3) is 4.94. The van der Waals surface area contributed by atoms with Gasteiger partial charge >= 0.3 is 0 Å². The van der Waals surface area contributed by atoms with Crippen molar-refractivity contribution in [3.63, 3.8) is 0 Å². The third-order valence-electron chi connectivity index (χ3n) is 6.60. The summed E-state index contributed by atoms with van der Waals surface area (Å²) >= 11 is 0. The number of pyridine rings is 1. The Morgan fingerprint density at radius 1 is 1.11 bits per heavy atom. The molecule has 27 heavy (non-hydrogen) atoms. The number of piperidine rings is 2. The number of carbonyl (C=O) groups excluding carboxylic acids is 1. The summed E-state index contributed by atoms with van der Waals surface area (Å²) in [5, 5.41) is 3.45. The normalized spacial score (nSPS) is 22.9. The minimum Gasteiger partial charge on any atom is -0.474 e. The Morgan fingerprint density at radius 3 is 2.52 bits per heavy atom. The van der Waals surface area contributed by atoms with E-state index >= 15 is 0 Å². The number of carbonyl (C=O) groups is 1. The first-order valence-electron chi connectivity index (χ1n) is 10.4. The minimum absolute atomic E-state index is 0. The van der Waals surface area contributed by atoms with Crippen molar-refractivity contribution in [2.45, 2.75) is 63.9 Å². The van der Waals surface area contributed by atoms with E-state index in [0.717, 1.165) is 51.9 Å². The van der Waals surface area contributed by atoms with Gasteiger partial charge in [-0.3, -0.25) is 4.79 Å². The zero-order chi connectivity index (χ0) is 17.8. The van der Waals surface area contributed by atoms with Crippen LogP contribution in [0, 0.1) is 5.41 Å². The first kappa shape index (κ1) is 20.4. The molecule has 2 aliphatic heterocycles. The van der Waals surface area contributed by atoms with Crippen molar-refractivity contribution < 1.29 is 9.53 Å². The number of ether oxygens (including phenoxy) is 1. The summed E-state index contributed by atoms with van der Waals surface area (Å²) < 4.78 is 6.03. The van der Waals surface area contributed by atoms with E-state index in [1.165, 1.54) is 32.1 Å². The summed E-state index contributed by atoms with van der Waals surface area (Å²) in [6.45, 7) is 4.00. The molecule has 5 nitrogen and oxygen atoms in total. The largest absolute Gasteiger partial charge is 0.474 e. The van der Waals surface area contributed by atoms with E-state index in [2.05, 4.69) is 10.3 Å². The van der Waals surface area contributed by atoms with Crippen LogP contribution < -0.4 is 10.1 Å². The molecule has 1 aliphatic carbocycles. The van der Waals surface area contributed by atoms with Gasteiger partial charge in [0.05, 0.1) is 0 Å². The van der Waals surface area contributed by atoms with E-state index in [0.29, 0.717) is 16.9 Å². The molecule has 1 N–H and O–H groups in total. The van der Waals surface area contributed by atoms with Gasteiger partial charge in [0.1, 0.15) is 6.10 Å². The molecular formula is C21H32ClN3O2. The number of rotatable bonds is 3. The van der Waals surface area contributed by atoms with Crippen molar-refractivity contribution in [3.8, 4) is 5.88 Å². The van der Waals surface area contributed by atoms with Crippen molar-refractivity contribution >= 4 is 18.3 Å². The molecule has 1 saturated carbocycles. The molecule has 6 heteroatoms. The fourth-order valence-electron chi connectivity index (χ4n) is 4.78. The molecule has 0 bridgehead atoms. The molecule has 3 fully saturated rings. The number of aromatic nitrogens is 1. The average molecular weight is 394 g/mol. The van der Waals surface area contributed by atoms with Gasteiger partial charge in [-0.15, -0.1) is 12.4 Å². The van der Waals surface area contributed by atoms with Gasteiger partial charge in [0.25, 0.3) is 5.91 Å². The topological polar surface area (TPSA) is 54.5 Å². The lowest BCUT2D eigenvalue weighted by Gasteiger charge is -2.44. The monoisotopic (exact) mass is 393 g/mol. The van der Waals surface area contributed by atoms with Gasteiger partial charge in [0.15, 0.2) is 0 Å². The maximum atomic E-state index is 12.9. The lowest BCUT2D eigenvalue weighted by molar-refractivity contribution is 0.0494. The van der Waals surface area contributed by atoms with Crippen LogP contribution in [-0.4, -0.2) is 48.1 Å². The second kappa shape index (κ2) is 9.24. The molecule has 4 rings (SSSR count). The predicted octanol–water partition coefficient (Wildman–Crippen LogP) is 3.82. The van der Waals surface area contributed by atoms with E-state index < -0.39 is 0 Å². The van der Waals surface area contributed by atoms with Crippen LogP contribution in [0.15, 0.2) is 18.3 Å². The standard InChI is InChI=1S/C21H31N3O2.ClH/c25-20(24-14-9-21(10-15-24)7-12-22-13-8-21)17-6-11-23-19(16-17)26-18-4-2-1-3-5-18;/h6,11,16,18,22H,1-5,7-10,12-15H2;1H. The van der Waals surface area contributed by atoms with Crippen LogP contribution in [-0.2, 0) is 0 Å². The molecular weight excluding hydrogens is 362 g/mol. The molecule has 1 aromatic rings. The molecule has 150 valence electrons. The smallest absolute Gasteiger partial charge is 0.254 e.